The zero-order valence-corrected chi connectivity index (χ0v) is 8.36. The van der Waals surface area contributed by atoms with Gasteiger partial charge in [-0.3, -0.25) is 4.79 Å². The molecule has 0 unspecified atom stereocenters. The van der Waals surface area contributed by atoms with Gasteiger partial charge in [-0.05, 0) is 6.42 Å². The Morgan fingerprint density at radius 3 is 2.75 bits per heavy atom. The highest BCUT2D eigenvalue weighted by atomic mass is 19.3. The summed E-state index contributed by atoms with van der Waals surface area (Å²) in [5, 5.41) is 11.0. The molecule has 1 heterocycles. The topological polar surface area (TPSA) is 75.1 Å². The van der Waals surface area contributed by atoms with Crippen LogP contribution < -0.4 is 5.32 Å². The Balaban J connectivity index is 2.50. The van der Waals surface area contributed by atoms with E-state index in [2.05, 4.69) is 15.3 Å². The van der Waals surface area contributed by atoms with Gasteiger partial charge in [-0.2, -0.15) is 0 Å². The lowest BCUT2D eigenvalue weighted by Gasteiger charge is -2.08. The summed E-state index contributed by atoms with van der Waals surface area (Å²) in [6.45, 7) is 0.269. The third kappa shape index (κ3) is 3.76. The van der Waals surface area contributed by atoms with E-state index >= 15 is 0 Å². The third-order valence-electron chi connectivity index (χ3n) is 1.79. The Kier molecular flexibility index (Phi) is 4.56. The van der Waals surface area contributed by atoms with Crippen LogP contribution in [-0.2, 0) is 4.79 Å². The van der Waals surface area contributed by atoms with Crippen molar-refractivity contribution in [2.24, 2.45) is 0 Å². The summed E-state index contributed by atoms with van der Waals surface area (Å²) < 4.78 is 24.9. The van der Waals surface area contributed by atoms with Crippen molar-refractivity contribution in [3.05, 3.63) is 18.1 Å². The van der Waals surface area contributed by atoms with Gasteiger partial charge in [0.25, 0.3) is 6.43 Å². The van der Waals surface area contributed by atoms with Crippen LogP contribution >= 0.6 is 0 Å². The Labute approximate surface area is 90.5 Å². The normalized spacial score (nSPS) is 10.4. The van der Waals surface area contributed by atoms with Crippen molar-refractivity contribution in [1.29, 1.82) is 0 Å². The molecule has 7 heteroatoms. The minimum absolute atomic E-state index is 0.00267. The molecule has 88 valence electrons. The quantitative estimate of drug-likeness (QED) is 0.728. The predicted molar refractivity (Wildman–Crippen MR) is 52.3 cm³/mol. The number of carboxylic acids is 1. The largest absolute Gasteiger partial charge is 0.481 e. The molecule has 0 fully saturated rings. The second-order valence-corrected chi connectivity index (χ2v) is 3.01. The molecule has 5 nitrogen and oxygen atoms in total. The van der Waals surface area contributed by atoms with Gasteiger partial charge in [0.05, 0.1) is 0 Å². The van der Waals surface area contributed by atoms with Gasteiger partial charge in [-0.15, -0.1) is 0 Å². The molecule has 0 saturated heterocycles. The van der Waals surface area contributed by atoms with E-state index in [0.717, 1.165) is 0 Å². The van der Waals surface area contributed by atoms with E-state index in [1.165, 1.54) is 12.4 Å². The van der Waals surface area contributed by atoms with Gasteiger partial charge in [0.1, 0.15) is 5.69 Å². The number of halogens is 2. The third-order valence-corrected chi connectivity index (χ3v) is 1.79. The Morgan fingerprint density at radius 1 is 1.44 bits per heavy atom. The molecule has 0 aliphatic carbocycles. The van der Waals surface area contributed by atoms with E-state index in [0.29, 0.717) is 6.42 Å². The van der Waals surface area contributed by atoms with Crippen molar-refractivity contribution in [3.63, 3.8) is 0 Å². The van der Waals surface area contributed by atoms with Crippen LogP contribution in [0.2, 0.25) is 0 Å². The predicted octanol–water partition coefficient (Wildman–Crippen LogP) is 1.69. The van der Waals surface area contributed by atoms with Crippen molar-refractivity contribution in [2.45, 2.75) is 19.3 Å². The van der Waals surface area contributed by atoms with Crippen LogP contribution in [-0.4, -0.2) is 27.6 Å². The number of aliphatic carboxylic acids is 1. The van der Waals surface area contributed by atoms with E-state index in [-0.39, 0.29) is 18.8 Å². The zero-order valence-electron chi connectivity index (χ0n) is 8.36. The molecule has 0 amide bonds. The molecule has 1 rings (SSSR count). The molecule has 0 atom stereocenters. The lowest BCUT2D eigenvalue weighted by Crippen LogP contribution is -2.09. The first kappa shape index (κ1) is 12.3. The fourth-order valence-corrected chi connectivity index (χ4v) is 1.09. The van der Waals surface area contributed by atoms with E-state index in [1.54, 1.807) is 0 Å². The minimum atomic E-state index is -2.70. The molecule has 0 spiro atoms. The van der Waals surface area contributed by atoms with Crippen LogP contribution in [0.25, 0.3) is 0 Å². The standard InChI is InChI=1S/C9H11F2N3O2/c10-8(11)7-9(14-5-4-12-7)13-3-1-2-6(15)16/h4-5,8H,1-3H2,(H,13,14)(H,15,16). The molecule has 1 aromatic rings. The number of rotatable bonds is 6. The molecule has 16 heavy (non-hydrogen) atoms. The Bertz CT molecular complexity index is 360. The van der Waals surface area contributed by atoms with Gasteiger partial charge in [0.15, 0.2) is 5.82 Å². The van der Waals surface area contributed by atoms with Crippen LogP contribution in [0.3, 0.4) is 0 Å². The number of hydrogen-bond donors (Lipinski definition) is 2. The monoisotopic (exact) mass is 231 g/mol. The van der Waals surface area contributed by atoms with Gasteiger partial charge in [-0.25, -0.2) is 18.7 Å². The maximum Gasteiger partial charge on any atom is 0.303 e. The second-order valence-electron chi connectivity index (χ2n) is 3.01. The van der Waals surface area contributed by atoms with Gasteiger partial charge >= 0.3 is 5.97 Å². The first-order valence-electron chi connectivity index (χ1n) is 4.66. The average Bonchev–Trinajstić information content (AvgIpc) is 2.24. The summed E-state index contributed by atoms with van der Waals surface area (Å²) in [5.74, 6) is -0.919. The minimum Gasteiger partial charge on any atom is -0.481 e. The number of anilines is 1. The summed E-state index contributed by atoms with van der Waals surface area (Å²) in [5.41, 5.74) is -0.419. The summed E-state index contributed by atoms with van der Waals surface area (Å²) in [6.07, 6.45) is 0.108. The average molecular weight is 231 g/mol. The number of nitrogens with one attached hydrogen (secondary N) is 1. The van der Waals surface area contributed by atoms with Gasteiger partial charge in [0, 0.05) is 25.4 Å². The number of aromatic nitrogens is 2. The van der Waals surface area contributed by atoms with Crippen molar-refractivity contribution in [3.8, 4) is 0 Å². The summed E-state index contributed by atoms with van der Waals surface area (Å²) in [4.78, 5) is 17.4. The van der Waals surface area contributed by atoms with E-state index < -0.39 is 18.1 Å². The maximum atomic E-state index is 12.4. The highest BCUT2D eigenvalue weighted by Crippen LogP contribution is 2.21. The molecule has 0 radical (unpaired) electrons. The molecule has 0 aliphatic heterocycles. The van der Waals surface area contributed by atoms with Crippen LogP contribution in [0.15, 0.2) is 12.4 Å². The van der Waals surface area contributed by atoms with Crippen molar-refractivity contribution < 1.29 is 18.7 Å². The molecule has 0 aliphatic rings. The van der Waals surface area contributed by atoms with Gasteiger partial charge < -0.3 is 10.4 Å². The fraction of sp³-hybridized carbons (Fsp3) is 0.444. The first-order chi connectivity index (χ1) is 7.61. The van der Waals surface area contributed by atoms with Crippen LogP contribution in [0, 0.1) is 0 Å². The molecule has 0 aromatic carbocycles. The molecule has 0 saturated carbocycles. The second kappa shape index (κ2) is 5.94. The van der Waals surface area contributed by atoms with E-state index in [9.17, 15) is 13.6 Å². The molecule has 0 bridgehead atoms. The van der Waals surface area contributed by atoms with Crippen LogP contribution in [0.1, 0.15) is 25.0 Å². The maximum absolute atomic E-state index is 12.4. The van der Waals surface area contributed by atoms with E-state index in [4.69, 9.17) is 5.11 Å². The number of alkyl halides is 2. The highest BCUT2D eigenvalue weighted by Gasteiger charge is 2.14. The Morgan fingerprint density at radius 2 is 2.12 bits per heavy atom. The molecule has 1 aromatic heterocycles. The number of nitrogens with zero attached hydrogens (tertiary/aromatic N) is 2. The highest BCUT2D eigenvalue weighted by molar-refractivity contribution is 5.66. The SMILES string of the molecule is O=C(O)CCCNc1nccnc1C(F)F. The summed E-state index contributed by atoms with van der Waals surface area (Å²) >= 11 is 0. The van der Waals surface area contributed by atoms with E-state index in [1.807, 2.05) is 0 Å². The summed E-state index contributed by atoms with van der Waals surface area (Å²) in [7, 11) is 0. The van der Waals surface area contributed by atoms with Crippen molar-refractivity contribution in [1.82, 2.24) is 9.97 Å². The van der Waals surface area contributed by atoms with Crippen LogP contribution in [0.4, 0.5) is 14.6 Å². The molecular formula is C9H11F2N3O2. The lowest BCUT2D eigenvalue weighted by molar-refractivity contribution is -0.137. The van der Waals surface area contributed by atoms with Gasteiger partial charge in [0.2, 0.25) is 0 Å². The first-order valence-corrected chi connectivity index (χ1v) is 4.66. The van der Waals surface area contributed by atoms with Crippen LogP contribution in [0.5, 0.6) is 0 Å². The van der Waals surface area contributed by atoms with Crippen molar-refractivity contribution in [2.75, 3.05) is 11.9 Å². The number of carboxylic acid groups (broad SMARTS) is 1. The molecule has 2 N–H and O–H groups in total. The smallest absolute Gasteiger partial charge is 0.303 e. The van der Waals surface area contributed by atoms with Gasteiger partial charge in [-0.1, -0.05) is 0 Å². The zero-order chi connectivity index (χ0) is 12.0. The molecular weight excluding hydrogens is 220 g/mol. The van der Waals surface area contributed by atoms with Crippen molar-refractivity contribution >= 4 is 11.8 Å². The number of hydrogen-bond acceptors (Lipinski definition) is 4. The Hall–Kier alpha value is -1.79. The fourth-order valence-electron chi connectivity index (χ4n) is 1.09. The lowest BCUT2D eigenvalue weighted by atomic mass is 10.3. The summed E-state index contributed by atoms with van der Waals surface area (Å²) in [6, 6.07) is 0. The number of carbonyl (C=O) groups is 1.